The van der Waals surface area contributed by atoms with Crippen molar-refractivity contribution in [1.82, 2.24) is 9.99 Å². The van der Waals surface area contributed by atoms with Crippen molar-refractivity contribution in [3.63, 3.8) is 0 Å². The summed E-state index contributed by atoms with van der Waals surface area (Å²) in [4.78, 5) is 29.2. The number of benzene rings is 3. The lowest BCUT2D eigenvalue weighted by Gasteiger charge is -2.23. The van der Waals surface area contributed by atoms with E-state index in [2.05, 4.69) is 20.9 Å². The Morgan fingerprint density at radius 2 is 1.78 bits per heavy atom. The van der Waals surface area contributed by atoms with Gasteiger partial charge in [0, 0.05) is 34.3 Å². The van der Waals surface area contributed by atoms with Crippen LogP contribution in [0.3, 0.4) is 0 Å². The van der Waals surface area contributed by atoms with Crippen LogP contribution in [0.1, 0.15) is 30.5 Å². The number of carbonyl (C=O) groups is 1. The van der Waals surface area contributed by atoms with Gasteiger partial charge in [-0.05, 0) is 41.5 Å². The van der Waals surface area contributed by atoms with Gasteiger partial charge in [-0.15, -0.1) is 0 Å². The number of nitrogens with one attached hydrogen (secondary N) is 1. The van der Waals surface area contributed by atoms with Crippen LogP contribution < -0.4 is 15.0 Å². The number of aromatic amines is 1. The smallest absolute Gasteiger partial charge is 0.258 e. The summed E-state index contributed by atoms with van der Waals surface area (Å²) in [5, 5.41) is 7.05. The summed E-state index contributed by atoms with van der Waals surface area (Å²) in [5.41, 5.74) is 4.09. The number of carbonyl (C=O) groups excluding carboxylic acids is 1. The first-order valence-electron chi connectivity index (χ1n) is 11.7. The number of halogens is 1. The highest BCUT2D eigenvalue weighted by atomic mass is 79.9. The average molecular weight is 544 g/mol. The highest BCUT2D eigenvalue weighted by molar-refractivity contribution is 9.10. The fraction of sp³-hybridized carbons (Fsp3) is 0.179. The van der Waals surface area contributed by atoms with E-state index in [1.54, 1.807) is 0 Å². The number of rotatable bonds is 3. The second-order valence-corrected chi connectivity index (χ2v) is 9.71. The van der Waals surface area contributed by atoms with E-state index in [-0.39, 0.29) is 17.5 Å². The van der Waals surface area contributed by atoms with Crippen molar-refractivity contribution in [3.05, 3.63) is 92.7 Å². The van der Waals surface area contributed by atoms with Crippen LogP contribution in [0.2, 0.25) is 0 Å². The maximum atomic E-state index is 13.5. The number of pyridine rings is 1. The van der Waals surface area contributed by atoms with E-state index >= 15 is 0 Å². The van der Waals surface area contributed by atoms with Gasteiger partial charge < -0.3 is 14.5 Å². The molecule has 0 saturated carbocycles. The summed E-state index contributed by atoms with van der Waals surface area (Å²) in [7, 11) is 0. The third kappa shape index (κ3) is 3.87. The zero-order valence-electron chi connectivity index (χ0n) is 19.5. The number of hydrazone groups is 1. The second kappa shape index (κ2) is 8.95. The largest absolute Gasteiger partial charge is 0.486 e. The lowest BCUT2D eigenvalue weighted by Crippen LogP contribution is -2.24. The standard InChI is InChI=1S/C28H22BrN3O4/c1-16(33)32-23(18-7-10-24-25(13-18)36-12-11-35-24)15-22(31-32)27-26(17-5-3-2-4-6-17)20-14-19(29)8-9-21(20)30-28(27)34/h2-10,13-14,23H,11-12,15H2,1H3,(H,30,34)/t23-/m1/s1. The number of nitrogens with zero attached hydrogens (tertiary/aromatic N) is 2. The Bertz CT molecular complexity index is 1600. The Morgan fingerprint density at radius 3 is 2.56 bits per heavy atom. The van der Waals surface area contributed by atoms with E-state index in [4.69, 9.17) is 14.6 Å². The Kier molecular flexibility index (Phi) is 5.60. The summed E-state index contributed by atoms with van der Waals surface area (Å²) >= 11 is 3.57. The van der Waals surface area contributed by atoms with Crippen molar-refractivity contribution < 1.29 is 14.3 Å². The molecule has 2 aliphatic rings. The highest BCUT2D eigenvalue weighted by Crippen LogP contribution is 2.40. The molecule has 3 heterocycles. The summed E-state index contributed by atoms with van der Waals surface area (Å²) in [6, 6.07) is 20.9. The van der Waals surface area contributed by atoms with Gasteiger partial charge in [0.25, 0.3) is 5.56 Å². The third-order valence-corrected chi connectivity index (χ3v) is 7.00. The molecular formula is C28H22BrN3O4. The molecule has 0 aliphatic carbocycles. The van der Waals surface area contributed by atoms with Crippen LogP contribution in [0.15, 0.2) is 81.1 Å². The van der Waals surface area contributed by atoms with Crippen LogP contribution in [0.25, 0.3) is 22.0 Å². The summed E-state index contributed by atoms with van der Waals surface area (Å²) in [5.74, 6) is 1.13. The monoisotopic (exact) mass is 543 g/mol. The van der Waals surface area contributed by atoms with Gasteiger partial charge in [0.1, 0.15) is 13.2 Å². The molecule has 4 aromatic rings. The van der Waals surface area contributed by atoms with E-state index in [0.717, 1.165) is 32.1 Å². The molecule has 0 radical (unpaired) electrons. The zero-order valence-corrected chi connectivity index (χ0v) is 21.0. The van der Waals surface area contributed by atoms with Crippen molar-refractivity contribution in [2.75, 3.05) is 13.2 Å². The molecule has 2 aliphatic heterocycles. The van der Waals surface area contributed by atoms with Crippen molar-refractivity contribution in [3.8, 4) is 22.6 Å². The van der Waals surface area contributed by atoms with E-state index in [0.29, 0.717) is 42.4 Å². The minimum absolute atomic E-state index is 0.203. The normalized spacial score (nSPS) is 16.8. The molecule has 36 heavy (non-hydrogen) atoms. The third-order valence-electron chi connectivity index (χ3n) is 6.51. The van der Waals surface area contributed by atoms with Crippen molar-refractivity contribution >= 4 is 38.5 Å². The molecule has 0 fully saturated rings. The number of hydrogen-bond donors (Lipinski definition) is 1. The number of ether oxygens (including phenoxy) is 2. The SMILES string of the molecule is CC(=O)N1N=C(c2c(-c3ccccc3)c3cc(Br)ccc3[nH]c2=O)C[C@@H]1c1ccc2c(c1)OCCO2. The molecule has 0 bridgehead atoms. The summed E-state index contributed by atoms with van der Waals surface area (Å²) < 4.78 is 12.3. The molecule has 180 valence electrons. The minimum Gasteiger partial charge on any atom is -0.486 e. The Hall–Kier alpha value is -3.91. The zero-order chi connectivity index (χ0) is 24.8. The van der Waals surface area contributed by atoms with Crippen LogP contribution in [0.5, 0.6) is 11.5 Å². The van der Waals surface area contributed by atoms with Gasteiger partial charge in [0.15, 0.2) is 11.5 Å². The second-order valence-electron chi connectivity index (χ2n) is 8.79. The van der Waals surface area contributed by atoms with E-state index < -0.39 is 0 Å². The van der Waals surface area contributed by atoms with Gasteiger partial charge >= 0.3 is 0 Å². The van der Waals surface area contributed by atoms with Gasteiger partial charge in [0.2, 0.25) is 5.91 Å². The Morgan fingerprint density at radius 1 is 1.00 bits per heavy atom. The van der Waals surface area contributed by atoms with Gasteiger partial charge in [-0.3, -0.25) is 9.59 Å². The number of amides is 1. The van der Waals surface area contributed by atoms with Gasteiger partial charge in [-0.2, -0.15) is 5.10 Å². The summed E-state index contributed by atoms with van der Waals surface area (Å²) in [6.07, 6.45) is 0.391. The number of aromatic nitrogens is 1. The highest BCUT2D eigenvalue weighted by Gasteiger charge is 2.34. The van der Waals surface area contributed by atoms with Crippen LogP contribution >= 0.6 is 15.9 Å². The molecule has 7 nitrogen and oxygen atoms in total. The van der Waals surface area contributed by atoms with Crippen LogP contribution in [0.4, 0.5) is 0 Å². The molecule has 0 saturated heterocycles. The maximum Gasteiger partial charge on any atom is 0.258 e. The minimum atomic E-state index is -0.366. The van der Waals surface area contributed by atoms with Crippen LogP contribution in [0, 0.1) is 0 Å². The van der Waals surface area contributed by atoms with Crippen LogP contribution in [-0.2, 0) is 4.79 Å². The molecule has 1 N–H and O–H groups in total. The van der Waals surface area contributed by atoms with Gasteiger partial charge in [0.05, 0.1) is 17.3 Å². The lowest BCUT2D eigenvalue weighted by atomic mass is 9.91. The first kappa shape index (κ1) is 22.5. The lowest BCUT2D eigenvalue weighted by molar-refractivity contribution is -0.130. The fourth-order valence-electron chi connectivity index (χ4n) is 4.92. The van der Waals surface area contributed by atoms with Crippen molar-refractivity contribution in [2.24, 2.45) is 5.10 Å². The number of H-pyrrole nitrogens is 1. The van der Waals surface area contributed by atoms with Crippen molar-refractivity contribution in [1.29, 1.82) is 0 Å². The predicted octanol–water partition coefficient (Wildman–Crippen LogP) is 5.43. The summed E-state index contributed by atoms with van der Waals surface area (Å²) in [6.45, 7) is 2.46. The van der Waals surface area contributed by atoms with Crippen molar-refractivity contribution in [2.45, 2.75) is 19.4 Å². The molecule has 8 heteroatoms. The number of hydrogen-bond acceptors (Lipinski definition) is 5. The molecule has 3 aromatic carbocycles. The molecule has 0 unspecified atom stereocenters. The van der Waals surface area contributed by atoms with Gasteiger partial charge in [-0.1, -0.05) is 52.3 Å². The van der Waals surface area contributed by atoms with E-state index in [9.17, 15) is 9.59 Å². The average Bonchev–Trinajstić information content (AvgIpc) is 3.34. The van der Waals surface area contributed by atoms with E-state index in [1.807, 2.05) is 66.7 Å². The Labute approximate surface area is 215 Å². The molecular weight excluding hydrogens is 522 g/mol. The first-order chi connectivity index (χ1) is 17.5. The van der Waals surface area contributed by atoms with Gasteiger partial charge in [-0.25, -0.2) is 5.01 Å². The predicted molar refractivity (Wildman–Crippen MR) is 142 cm³/mol. The number of fused-ring (bicyclic) bond motifs is 2. The molecule has 0 spiro atoms. The first-order valence-corrected chi connectivity index (χ1v) is 12.5. The molecule has 1 amide bonds. The molecule has 1 aromatic heterocycles. The molecule has 1 atom stereocenters. The quantitative estimate of drug-likeness (QED) is 0.373. The van der Waals surface area contributed by atoms with E-state index in [1.165, 1.54) is 11.9 Å². The fourth-order valence-corrected chi connectivity index (χ4v) is 5.28. The Balaban J connectivity index is 1.52. The molecule has 6 rings (SSSR count). The maximum absolute atomic E-state index is 13.5. The topological polar surface area (TPSA) is 84.0 Å². The van der Waals surface area contributed by atoms with Crippen LogP contribution in [-0.4, -0.2) is 34.8 Å².